The Balaban J connectivity index is 1.68. The number of sulfonamides is 1. The second-order valence-corrected chi connectivity index (χ2v) is 9.97. The summed E-state index contributed by atoms with van der Waals surface area (Å²) in [7, 11) is -2.44. The van der Waals surface area contributed by atoms with E-state index in [2.05, 4.69) is 5.32 Å². The summed E-state index contributed by atoms with van der Waals surface area (Å²) in [6.07, 6.45) is 1.63. The van der Waals surface area contributed by atoms with E-state index in [-0.39, 0.29) is 17.3 Å². The largest absolute Gasteiger partial charge is 0.497 e. The molecule has 3 rings (SSSR count). The molecule has 0 atom stereocenters. The molecule has 2 aromatic carbocycles. The highest BCUT2D eigenvalue weighted by Crippen LogP contribution is 2.25. The maximum absolute atomic E-state index is 13.4. The van der Waals surface area contributed by atoms with Gasteiger partial charge in [0.1, 0.15) is 18.1 Å². The SMILES string of the molecule is COc1ccc(S(=O)(=O)N(CC(=O)NCCSCc2ccco2)c2ccc(C)cc2)cc1. The van der Waals surface area contributed by atoms with Crippen molar-refractivity contribution in [3.8, 4) is 5.75 Å². The quantitative estimate of drug-likeness (QED) is 0.425. The van der Waals surface area contributed by atoms with Crippen LogP contribution in [0.25, 0.3) is 0 Å². The highest BCUT2D eigenvalue weighted by molar-refractivity contribution is 7.98. The van der Waals surface area contributed by atoms with Crippen molar-refractivity contribution < 1.29 is 22.4 Å². The fourth-order valence-corrected chi connectivity index (χ4v) is 5.09. The van der Waals surface area contributed by atoms with Crippen LogP contribution in [0.3, 0.4) is 0 Å². The lowest BCUT2D eigenvalue weighted by Gasteiger charge is -2.24. The zero-order valence-corrected chi connectivity index (χ0v) is 19.6. The van der Waals surface area contributed by atoms with Crippen molar-refractivity contribution in [1.29, 1.82) is 0 Å². The Morgan fingerprint density at radius 3 is 2.44 bits per heavy atom. The molecule has 0 spiro atoms. The van der Waals surface area contributed by atoms with Crippen LogP contribution in [0.1, 0.15) is 11.3 Å². The Morgan fingerprint density at radius 1 is 1.09 bits per heavy atom. The number of nitrogens with zero attached hydrogens (tertiary/aromatic N) is 1. The lowest BCUT2D eigenvalue weighted by molar-refractivity contribution is -0.119. The molecule has 0 fully saturated rings. The Labute approximate surface area is 192 Å². The van der Waals surface area contributed by atoms with Gasteiger partial charge in [-0.2, -0.15) is 11.8 Å². The van der Waals surface area contributed by atoms with E-state index in [1.807, 2.05) is 31.2 Å². The van der Waals surface area contributed by atoms with Crippen LogP contribution < -0.4 is 14.4 Å². The summed E-state index contributed by atoms with van der Waals surface area (Å²) in [6, 6.07) is 16.9. The predicted octanol–water partition coefficient (Wildman–Crippen LogP) is 3.84. The lowest BCUT2D eigenvalue weighted by Crippen LogP contribution is -2.41. The van der Waals surface area contributed by atoms with Crippen molar-refractivity contribution in [2.45, 2.75) is 17.6 Å². The summed E-state index contributed by atoms with van der Waals surface area (Å²) in [5.41, 5.74) is 1.42. The van der Waals surface area contributed by atoms with Gasteiger partial charge in [0.05, 0.1) is 29.7 Å². The Hall–Kier alpha value is -2.91. The van der Waals surface area contributed by atoms with Gasteiger partial charge in [-0.15, -0.1) is 0 Å². The third-order valence-electron chi connectivity index (χ3n) is 4.65. The monoisotopic (exact) mass is 474 g/mol. The first-order valence-corrected chi connectivity index (χ1v) is 12.6. The van der Waals surface area contributed by atoms with Crippen LogP contribution >= 0.6 is 11.8 Å². The van der Waals surface area contributed by atoms with E-state index in [1.54, 1.807) is 42.3 Å². The smallest absolute Gasteiger partial charge is 0.264 e. The van der Waals surface area contributed by atoms with Crippen LogP contribution in [-0.4, -0.2) is 40.3 Å². The van der Waals surface area contributed by atoms with Gasteiger partial charge < -0.3 is 14.5 Å². The number of hydrogen-bond acceptors (Lipinski definition) is 6. The van der Waals surface area contributed by atoms with Crippen LogP contribution in [-0.2, 0) is 20.6 Å². The number of benzene rings is 2. The molecule has 1 aromatic heterocycles. The number of hydrogen-bond donors (Lipinski definition) is 1. The molecule has 0 radical (unpaired) electrons. The molecule has 0 aliphatic carbocycles. The van der Waals surface area contributed by atoms with Crippen LogP contribution in [0.2, 0.25) is 0 Å². The van der Waals surface area contributed by atoms with Gasteiger partial charge in [-0.3, -0.25) is 9.10 Å². The van der Waals surface area contributed by atoms with Gasteiger partial charge in [0.25, 0.3) is 10.0 Å². The van der Waals surface area contributed by atoms with Crippen molar-refractivity contribution >= 4 is 33.4 Å². The van der Waals surface area contributed by atoms with Crippen LogP contribution in [0.4, 0.5) is 5.69 Å². The average molecular weight is 475 g/mol. The van der Waals surface area contributed by atoms with Crippen LogP contribution in [0.15, 0.2) is 76.2 Å². The molecular weight excluding hydrogens is 448 g/mol. The van der Waals surface area contributed by atoms with Crippen molar-refractivity contribution in [3.63, 3.8) is 0 Å². The zero-order chi connectivity index (χ0) is 23.0. The number of rotatable bonds is 11. The van der Waals surface area contributed by atoms with E-state index < -0.39 is 10.0 Å². The number of anilines is 1. The van der Waals surface area contributed by atoms with Crippen LogP contribution in [0.5, 0.6) is 5.75 Å². The first kappa shape index (κ1) is 23.7. The van der Waals surface area contributed by atoms with E-state index in [4.69, 9.17) is 9.15 Å². The third kappa shape index (κ3) is 6.30. The molecule has 7 nitrogen and oxygen atoms in total. The molecule has 32 heavy (non-hydrogen) atoms. The molecule has 0 unspecified atom stereocenters. The second kappa shape index (κ2) is 11.1. The molecule has 1 heterocycles. The number of thioether (sulfide) groups is 1. The van der Waals surface area contributed by atoms with Crippen molar-refractivity contribution in [2.24, 2.45) is 0 Å². The standard InChI is InChI=1S/C23H26N2O5S2/c1-18-5-7-19(8-6-18)25(32(27,28)22-11-9-20(29-2)10-12-22)16-23(26)24-13-15-31-17-21-4-3-14-30-21/h3-12,14H,13,15-17H2,1-2H3,(H,24,26). The van der Waals surface area contributed by atoms with E-state index in [1.165, 1.54) is 19.2 Å². The van der Waals surface area contributed by atoms with Gasteiger partial charge in [0.2, 0.25) is 5.91 Å². The third-order valence-corrected chi connectivity index (χ3v) is 7.42. The molecule has 1 amide bonds. The predicted molar refractivity (Wildman–Crippen MR) is 127 cm³/mol. The maximum Gasteiger partial charge on any atom is 0.264 e. The Morgan fingerprint density at radius 2 is 1.81 bits per heavy atom. The van der Waals surface area contributed by atoms with E-state index >= 15 is 0 Å². The van der Waals surface area contributed by atoms with Gasteiger partial charge in [-0.1, -0.05) is 17.7 Å². The molecule has 3 aromatic rings. The fraction of sp³-hybridized carbons (Fsp3) is 0.261. The highest BCUT2D eigenvalue weighted by atomic mass is 32.2. The molecule has 0 aliphatic rings. The summed E-state index contributed by atoms with van der Waals surface area (Å²) >= 11 is 1.62. The summed E-state index contributed by atoms with van der Waals surface area (Å²) in [6.45, 7) is 2.02. The number of ether oxygens (including phenoxy) is 1. The highest BCUT2D eigenvalue weighted by Gasteiger charge is 2.27. The molecule has 0 bridgehead atoms. The summed E-state index contributed by atoms with van der Waals surface area (Å²) < 4.78 is 38.2. The molecule has 170 valence electrons. The number of amides is 1. The van der Waals surface area contributed by atoms with E-state index in [9.17, 15) is 13.2 Å². The minimum absolute atomic E-state index is 0.0840. The molecule has 0 saturated heterocycles. The number of methoxy groups -OCH3 is 1. The van der Waals surface area contributed by atoms with Crippen LogP contribution in [0, 0.1) is 6.92 Å². The first-order valence-electron chi connectivity index (χ1n) is 10.0. The zero-order valence-electron chi connectivity index (χ0n) is 18.0. The first-order chi connectivity index (χ1) is 15.4. The maximum atomic E-state index is 13.4. The summed E-state index contributed by atoms with van der Waals surface area (Å²) in [5.74, 6) is 2.45. The molecule has 1 N–H and O–H groups in total. The van der Waals surface area contributed by atoms with Crippen molar-refractivity contribution in [3.05, 3.63) is 78.3 Å². The van der Waals surface area contributed by atoms with Crippen molar-refractivity contribution in [2.75, 3.05) is 30.3 Å². The van der Waals surface area contributed by atoms with Gasteiger partial charge in [-0.05, 0) is 55.5 Å². The van der Waals surface area contributed by atoms with E-state index in [0.29, 0.717) is 29.5 Å². The van der Waals surface area contributed by atoms with Gasteiger partial charge in [0, 0.05) is 12.3 Å². The number of furan rings is 1. The minimum atomic E-state index is -3.95. The number of carbonyl (C=O) groups is 1. The Bertz CT molecular complexity index is 1100. The van der Waals surface area contributed by atoms with Gasteiger partial charge in [0.15, 0.2) is 0 Å². The number of nitrogens with one attached hydrogen (secondary N) is 1. The number of carbonyl (C=O) groups excluding carboxylic acids is 1. The molecular formula is C23H26N2O5S2. The summed E-state index contributed by atoms with van der Waals surface area (Å²) in [4.78, 5) is 12.7. The fourth-order valence-electron chi connectivity index (χ4n) is 2.92. The summed E-state index contributed by atoms with van der Waals surface area (Å²) in [5, 5.41) is 2.80. The van der Waals surface area contributed by atoms with Gasteiger partial charge in [-0.25, -0.2) is 8.42 Å². The topological polar surface area (TPSA) is 88.9 Å². The Kier molecular flexibility index (Phi) is 8.24. The molecule has 0 aliphatic heterocycles. The molecule has 9 heteroatoms. The van der Waals surface area contributed by atoms with E-state index in [0.717, 1.165) is 15.6 Å². The average Bonchev–Trinajstić information content (AvgIpc) is 3.31. The van der Waals surface area contributed by atoms with Crippen molar-refractivity contribution in [1.82, 2.24) is 5.32 Å². The number of aryl methyl sites for hydroxylation is 1. The normalized spacial score (nSPS) is 11.2. The lowest BCUT2D eigenvalue weighted by atomic mass is 10.2. The second-order valence-electron chi connectivity index (χ2n) is 7.00. The van der Waals surface area contributed by atoms with Gasteiger partial charge >= 0.3 is 0 Å². The molecule has 0 saturated carbocycles. The minimum Gasteiger partial charge on any atom is -0.497 e.